The lowest BCUT2D eigenvalue weighted by Gasteiger charge is -2.57. The Hall–Kier alpha value is -2.18. The number of nitrogens with one attached hydrogen (secondary N) is 1. The molecule has 23 heavy (non-hydrogen) atoms. The summed E-state index contributed by atoms with van der Waals surface area (Å²) in [7, 11) is 0. The standard InChI is InChI=1S/C16H18N4O3/c21-20(22)15-13(2-1-12-14(15)19-23-18-12)17-16-6-9-3-10(7-16)5-11(4-9)8-16/h1-2,9-11,17H,3-8H2. The number of fused-ring (bicyclic) bond motifs is 1. The Balaban J connectivity index is 1.56. The van der Waals surface area contributed by atoms with Crippen molar-refractivity contribution < 1.29 is 9.55 Å². The molecule has 0 saturated heterocycles. The second kappa shape index (κ2) is 4.43. The number of rotatable bonds is 3. The van der Waals surface area contributed by atoms with E-state index in [0.717, 1.165) is 37.0 Å². The molecule has 1 N–H and O–H groups in total. The molecule has 120 valence electrons. The van der Waals surface area contributed by atoms with E-state index in [1.54, 1.807) is 12.1 Å². The number of nitro benzene ring substituents is 1. The Morgan fingerprint density at radius 3 is 2.39 bits per heavy atom. The van der Waals surface area contributed by atoms with Crippen LogP contribution < -0.4 is 5.32 Å². The van der Waals surface area contributed by atoms with Crippen LogP contribution in [0.4, 0.5) is 11.4 Å². The van der Waals surface area contributed by atoms with E-state index >= 15 is 0 Å². The van der Waals surface area contributed by atoms with Gasteiger partial charge in [-0.3, -0.25) is 10.1 Å². The van der Waals surface area contributed by atoms with Gasteiger partial charge in [-0.05, 0) is 78.7 Å². The highest BCUT2D eigenvalue weighted by Gasteiger charge is 2.51. The fourth-order valence-corrected chi connectivity index (χ4v) is 5.67. The summed E-state index contributed by atoms with van der Waals surface area (Å²) in [5.41, 5.74) is 1.21. The summed E-state index contributed by atoms with van der Waals surface area (Å²) < 4.78 is 4.67. The molecule has 0 spiro atoms. The van der Waals surface area contributed by atoms with E-state index in [9.17, 15) is 10.1 Å². The summed E-state index contributed by atoms with van der Waals surface area (Å²) in [5.74, 6) is 2.35. The van der Waals surface area contributed by atoms with Crippen molar-refractivity contribution in [2.75, 3.05) is 5.32 Å². The predicted molar refractivity (Wildman–Crippen MR) is 83.0 cm³/mol. The monoisotopic (exact) mass is 314 g/mol. The molecule has 7 heteroatoms. The maximum atomic E-state index is 11.6. The lowest BCUT2D eigenvalue weighted by atomic mass is 9.53. The fraction of sp³-hybridized carbons (Fsp3) is 0.625. The number of hydrogen-bond acceptors (Lipinski definition) is 6. The predicted octanol–water partition coefficient (Wildman–Crippen LogP) is 3.51. The van der Waals surface area contributed by atoms with Crippen LogP contribution in [0.25, 0.3) is 11.0 Å². The molecule has 0 unspecified atom stereocenters. The normalized spacial score (nSPS) is 34.9. The molecule has 4 aliphatic rings. The molecule has 0 radical (unpaired) electrons. The summed E-state index contributed by atoms with van der Waals surface area (Å²) in [6.07, 6.45) is 7.42. The molecule has 4 saturated carbocycles. The number of aromatic nitrogens is 2. The van der Waals surface area contributed by atoms with Crippen LogP contribution in [0.1, 0.15) is 38.5 Å². The van der Waals surface area contributed by atoms with Crippen LogP contribution in [-0.2, 0) is 0 Å². The van der Waals surface area contributed by atoms with Crippen molar-refractivity contribution in [2.45, 2.75) is 44.1 Å². The van der Waals surface area contributed by atoms with Crippen molar-refractivity contribution in [3.05, 3.63) is 22.2 Å². The molecule has 4 aliphatic carbocycles. The molecular formula is C16H18N4O3. The summed E-state index contributed by atoms with van der Waals surface area (Å²) >= 11 is 0. The lowest BCUT2D eigenvalue weighted by molar-refractivity contribution is -0.382. The van der Waals surface area contributed by atoms with Gasteiger partial charge in [-0.25, -0.2) is 4.63 Å². The Kier molecular flexibility index (Phi) is 2.56. The number of benzene rings is 1. The number of anilines is 1. The first-order valence-corrected chi connectivity index (χ1v) is 8.30. The molecule has 1 aromatic carbocycles. The molecule has 4 bridgehead atoms. The van der Waals surface area contributed by atoms with Gasteiger partial charge in [0, 0.05) is 5.54 Å². The van der Waals surface area contributed by atoms with Gasteiger partial charge >= 0.3 is 5.69 Å². The zero-order valence-electron chi connectivity index (χ0n) is 12.7. The third-order valence-corrected chi connectivity index (χ3v) is 6.02. The van der Waals surface area contributed by atoms with Crippen molar-refractivity contribution in [1.82, 2.24) is 10.3 Å². The molecule has 1 aromatic heterocycles. The minimum atomic E-state index is -0.380. The summed E-state index contributed by atoms with van der Waals surface area (Å²) in [5, 5.41) is 22.6. The number of nitrogens with zero attached hydrogens (tertiary/aromatic N) is 3. The van der Waals surface area contributed by atoms with Gasteiger partial charge in [-0.1, -0.05) is 0 Å². The Morgan fingerprint density at radius 1 is 1.13 bits per heavy atom. The van der Waals surface area contributed by atoms with Gasteiger partial charge in [0.05, 0.1) is 4.92 Å². The summed E-state index contributed by atoms with van der Waals surface area (Å²) in [4.78, 5) is 11.2. The van der Waals surface area contributed by atoms with E-state index in [0.29, 0.717) is 11.2 Å². The van der Waals surface area contributed by atoms with E-state index < -0.39 is 0 Å². The smallest absolute Gasteiger partial charge is 0.323 e. The quantitative estimate of drug-likeness (QED) is 0.688. The van der Waals surface area contributed by atoms with E-state index in [1.165, 1.54) is 19.3 Å². The molecule has 1 heterocycles. The van der Waals surface area contributed by atoms with Crippen molar-refractivity contribution in [2.24, 2.45) is 17.8 Å². The average Bonchev–Trinajstić information content (AvgIpc) is 2.92. The Morgan fingerprint density at radius 2 is 1.78 bits per heavy atom. The highest BCUT2D eigenvalue weighted by Crippen LogP contribution is 2.57. The average molecular weight is 314 g/mol. The van der Waals surface area contributed by atoms with Crippen molar-refractivity contribution in [1.29, 1.82) is 0 Å². The van der Waals surface area contributed by atoms with Gasteiger partial charge in [0.2, 0.25) is 5.52 Å². The molecular weight excluding hydrogens is 296 g/mol. The first kappa shape index (κ1) is 13.3. The highest BCUT2D eigenvalue weighted by molar-refractivity contribution is 5.90. The van der Waals surface area contributed by atoms with Gasteiger partial charge in [-0.2, -0.15) is 0 Å². The maximum Gasteiger partial charge on any atom is 0.323 e. The zero-order valence-corrected chi connectivity index (χ0v) is 12.7. The minimum Gasteiger partial charge on any atom is -0.374 e. The van der Waals surface area contributed by atoms with Crippen molar-refractivity contribution >= 4 is 22.4 Å². The first-order chi connectivity index (χ1) is 11.1. The minimum absolute atomic E-state index is 0.0144. The van der Waals surface area contributed by atoms with Crippen LogP contribution in [0.15, 0.2) is 16.8 Å². The van der Waals surface area contributed by atoms with Crippen LogP contribution in [0, 0.1) is 27.9 Å². The third kappa shape index (κ3) is 1.95. The SMILES string of the molecule is O=[N+]([O-])c1c(NC23CC4CC(CC(C4)C2)C3)ccc2nonc12. The van der Waals surface area contributed by atoms with Gasteiger partial charge < -0.3 is 5.32 Å². The second-order valence-corrected chi connectivity index (χ2v) is 7.67. The molecule has 7 nitrogen and oxygen atoms in total. The fourth-order valence-electron chi connectivity index (χ4n) is 5.67. The number of nitro groups is 1. The molecule has 4 fully saturated rings. The van der Waals surface area contributed by atoms with Crippen molar-refractivity contribution in [3.8, 4) is 0 Å². The zero-order chi connectivity index (χ0) is 15.6. The van der Waals surface area contributed by atoms with Gasteiger partial charge in [0.25, 0.3) is 0 Å². The number of hydrogen-bond donors (Lipinski definition) is 1. The van der Waals surface area contributed by atoms with Crippen LogP contribution in [0.2, 0.25) is 0 Å². The molecule has 0 amide bonds. The largest absolute Gasteiger partial charge is 0.374 e. The molecule has 6 rings (SSSR count). The van der Waals surface area contributed by atoms with E-state index in [1.807, 2.05) is 0 Å². The van der Waals surface area contributed by atoms with E-state index in [4.69, 9.17) is 0 Å². The van der Waals surface area contributed by atoms with Gasteiger partial charge in [0.1, 0.15) is 11.2 Å². The van der Waals surface area contributed by atoms with Crippen LogP contribution in [0.5, 0.6) is 0 Å². The van der Waals surface area contributed by atoms with Crippen molar-refractivity contribution in [3.63, 3.8) is 0 Å². The molecule has 0 atom stereocenters. The summed E-state index contributed by atoms with van der Waals surface area (Å²) in [6, 6.07) is 3.49. The third-order valence-electron chi connectivity index (χ3n) is 6.02. The molecule has 0 aliphatic heterocycles. The van der Waals surface area contributed by atoms with Crippen LogP contribution in [0.3, 0.4) is 0 Å². The lowest BCUT2D eigenvalue weighted by Crippen LogP contribution is -2.54. The topological polar surface area (TPSA) is 94.1 Å². The summed E-state index contributed by atoms with van der Waals surface area (Å²) in [6.45, 7) is 0. The first-order valence-electron chi connectivity index (χ1n) is 8.30. The van der Waals surface area contributed by atoms with E-state index in [-0.39, 0.29) is 21.7 Å². The maximum absolute atomic E-state index is 11.6. The second-order valence-electron chi connectivity index (χ2n) is 7.67. The molecule has 2 aromatic rings. The Bertz CT molecular complexity index is 764. The Labute approximate surface area is 132 Å². The van der Waals surface area contributed by atoms with Gasteiger partial charge in [0.15, 0.2) is 0 Å². The van der Waals surface area contributed by atoms with Crippen LogP contribution in [-0.4, -0.2) is 20.8 Å². The highest BCUT2D eigenvalue weighted by atomic mass is 16.6. The van der Waals surface area contributed by atoms with E-state index in [2.05, 4.69) is 20.3 Å². The van der Waals surface area contributed by atoms with Crippen LogP contribution >= 0.6 is 0 Å². The van der Waals surface area contributed by atoms with Gasteiger partial charge in [-0.15, -0.1) is 0 Å².